The molecule has 0 aliphatic carbocycles. The van der Waals surface area contributed by atoms with E-state index in [-0.39, 0.29) is 5.82 Å². The molecule has 1 N–H and O–H groups in total. The molecule has 1 aromatic heterocycles. The van der Waals surface area contributed by atoms with Crippen LogP contribution < -0.4 is 5.32 Å². The molecule has 0 unspecified atom stereocenters. The lowest BCUT2D eigenvalue weighted by Crippen LogP contribution is -1.99. The molecule has 0 aliphatic heterocycles. The predicted octanol–water partition coefficient (Wildman–Crippen LogP) is 4.06. The maximum absolute atomic E-state index is 12.9. The van der Waals surface area contributed by atoms with Crippen molar-refractivity contribution >= 4 is 39.6 Å². The smallest absolute Gasteiger partial charge is 0.124 e. The van der Waals surface area contributed by atoms with Gasteiger partial charge in [-0.1, -0.05) is 6.92 Å². The number of hydrogen-bond acceptors (Lipinski definition) is 3. The zero-order valence-corrected chi connectivity index (χ0v) is 12.3. The van der Waals surface area contributed by atoms with Gasteiger partial charge in [0, 0.05) is 20.3 Å². The zero-order chi connectivity index (χ0) is 12.3. The third-order valence-corrected chi connectivity index (χ3v) is 4.32. The highest BCUT2D eigenvalue weighted by Crippen LogP contribution is 2.21. The van der Waals surface area contributed by atoms with Crippen molar-refractivity contribution in [1.82, 2.24) is 4.98 Å². The minimum absolute atomic E-state index is 0.203. The Morgan fingerprint density at radius 1 is 1.47 bits per heavy atom. The first kappa shape index (κ1) is 12.8. The number of aryl methyl sites for hydroxylation is 1. The minimum atomic E-state index is -0.203. The van der Waals surface area contributed by atoms with Crippen LogP contribution in [0, 0.1) is 9.39 Å². The summed E-state index contributed by atoms with van der Waals surface area (Å²) in [6.45, 7) is 2.83. The van der Waals surface area contributed by atoms with Gasteiger partial charge in [0.15, 0.2) is 0 Å². The van der Waals surface area contributed by atoms with Crippen LogP contribution in [0.4, 0.5) is 10.1 Å². The van der Waals surface area contributed by atoms with Gasteiger partial charge in [-0.25, -0.2) is 9.37 Å². The first-order valence-electron chi connectivity index (χ1n) is 5.31. The fourth-order valence-electron chi connectivity index (χ4n) is 1.41. The van der Waals surface area contributed by atoms with Crippen LogP contribution in [0.25, 0.3) is 0 Å². The molecule has 0 atom stereocenters. The quantitative estimate of drug-likeness (QED) is 0.830. The van der Waals surface area contributed by atoms with Crippen molar-refractivity contribution in [3.05, 3.63) is 43.7 Å². The molecule has 2 rings (SSSR count). The summed E-state index contributed by atoms with van der Waals surface area (Å²) >= 11 is 3.84. The lowest BCUT2D eigenvalue weighted by Gasteiger charge is -2.06. The average molecular weight is 362 g/mol. The Hall–Kier alpha value is -0.690. The summed E-state index contributed by atoms with van der Waals surface area (Å²) in [4.78, 5) is 5.50. The fourth-order valence-corrected chi connectivity index (χ4v) is 2.88. The zero-order valence-electron chi connectivity index (χ0n) is 9.34. The van der Waals surface area contributed by atoms with Crippen LogP contribution in [0.2, 0.25) is 0 Å². The molecule has 0 amide bonds. The van der Waals surface area contributed by atoms with Gasteiger partial charge in [0.05, 0.1) is 11.6 Å². The lowest BCUT2D eigenvalue weighted by atomic mass is 10.3. The monoisotopic (exact) mass is 362 g/mol. The van der Waals surface area contributed by atoms with Crippen LogP contribution in [0.15, 0.2) is 24.4 Å². The van der Waals surface area contributed by atoms with E-state index in [4.69, 9.17) is 0 Å². The summed E-state index contributed by atoms with van der Waals surface area (Å²) in [5, 5.41) is 4.44. The molecular weight excluding hydrogens is 350 g/mol. The van der Waals surface area contributed by atoms with Gasteiger partial charge in [-0.15, -0.1) is 11.3 Å². The molecule has 0 spiro atoms. The summed E-state index contributed by atoms with van der Waals surface area (Å²) in [6, 6.07) is 4.75. The summed E-state index contributed by atoms with van der Waals surface area (Å²) in [5.74, 6) is -0.203. The molecule has 0 aliphatic rings. The van der Waals surface area contributed by atoms with Crippen molar-refractivity contribution < 1.29 is 4.39 Å². The van der Waals surface area contributed by atoms with E-state index in [1.807, 2.05) is 6.20 Å². The highest BCUT2D eigenvalue weighted by molar-refractivity contribution is 14.1. The van der Waals surface area contributed by atoms with Crippen molar-refractivity contribution in [3.8, 4) is 0 Å². The molecule has 5 heteroatoms. The van der Waals surface area contributed by atoms with Crippen LogP contribution in [0.1, 0.15) is 16.8 Å². The number of anilines is 1. The van der Waals surface area contributed by atoms with Gasteiger partial charge >= 0.3 is 0 Å². The van der Waals surface area contributed by atoms with Crippen molar-refractivity contribution in [2.24, 2.45) is 0 Å². The standard InChI is InChI=1S/C12H12FIN2S/c1-2-12-16-7-9(17-12)6-15-11-4-3-8(13)5-10(11)14/h3-5,7,15H,2,6H2,1H3. The maximum atomic E-state index is 12.9. The predicted molar refractivity (Wildman–Crippen MR) is 77.9 cm³/mol. The Labute approximate surface area is 117 Å². The summed E-state index contributed by atoms with van der Waals surface area (Å²) in [7, 11) is 0. The van der Waals surface area contributed by atoms with Gasteiger partial charge in [-0.2, -0.15) is 0 Å². The molecule has 0 saturated carbocycles. The Morgan fingerprint density at radius 3 is 2.94 bits per heavy atom. The highest BCUT2D eigenvalue weighted by atomic mass is 127. The highest BCUT2D eigenvalue weighted by Gasteiger charge is 2.03. The second-order valence-corrected chi connectivity index (χ2v) is 5.91. The normalized spacial score (nSPS) is 10.5. The van der Waals surface area contributed by atoms with Crippen LogP contribution in [0.3, 0.4) is 0 Å². The number of benzene rings is 1. The van der Waals surface area contributed by atoms with E-state index in [0.29, 0.717) is 0 Å². The number of thiazole rings is 1. The summed E-state index contributed by atoms with van der Waals surface area (Å²) in [6.07, 6.45) is 2.87. The Morgan fingerprint density at radius 2 is 2.29 bits per heavy atom. The molecule has 0 fully saturated rings. The topological polar surface area (TPSA) is 24.9 Å². The molecule has 90 valence electrons. The van der Waals surface area contributed by atoms with Crippen LogP contribution in [0.5, 0.6) is 0 Å². The second kappa shape index (κ2) is 5.77. The maximum Gasteiger partial charge on any atom is 0.124 e. The SMILES string of the molecule is CCc1ncc(CNc2ccc(F)cc2I)s1. The third-order valence-electron chi connectivity index (χ3n) is 2.29. The average Bonchev–Trinajstić information content (AvgIpc) is 2.76. The van der Waals surface area contributed by atoms with Gasteiger partial charge in [-0.3, -0.25) is 0 Å². The summed E-state index contributed by atoms with van der Waals surface area (Å²) < 4.78 is 13.8. The molecule has 0 saturated heterocycles. The van der Waals surface area contributed by atoms with Crippen molar-refractivity contribution in [1.29, 1.82) is 0 Å². The Kier molecular flexibility index (Phi) is 4.33. The molecule has 0 bridgehead atoms. The fraction of sp³-hybridized carbons (Fsp3) is 0.250. The van der Waals surface area contributed by atoms with Crippen LogP contribution in [-0.2, 0) is 13.0 Å². The van der Waals surface area contributed by atoms with E-state index in [1.54, 1.807) is 17.4 Å². The number of nitrogens with one attached hydrogen (secondary N) is 1. The lowest BCUT2D eigenvalue weighted by molar-refractivity contribution is 0.627. The largest absolute Gasteiger partial charge is 0.379 e. The van der Waals surface area contributed by atoms with E-state index in [9.17, 15) is 4.39 Å². The first-order chi connectivity index (χ1) is 8.19. The van der Waals surface area contributed by atoms with Crippen molar-refractivity contribution in [2.75, 3.05) is 5.32 Å². The molecule has 2 aromatic rings. The van der Waals surface area contributed by atoms with Gasteiger partial charge < -0.3 is 5.32 Å². The van der Waals surface area contributed by atoms with E-state index in [1.165, 1.54) is 17.0 Å². The Bertz CT molecular complexity index is 513. The number of halogens is 2. The molecule has 2 nitrogen and oxygen atoms in total. The van der Waals surface area contributed by atoms with Crippen LogP contribution >= 0.6 is 33.9 Å². The number of rotatable bonds is 4. The Balaban J connectivity index is 2.02. The van der Waals surface area contributed by atoms with E-state index in [2.05, 4.69) is 39.8 Å². The van der Waals surface area contributed by atoms with Crippen molar-refractivity contribution in [3.63, 3.8) is 0 Å². The number of nitrogens with zero attached hydrogens (tertiary/aromatic N) is 1. The molecule has 17 heavy (non-hydrogen) atoms. The van der Waals surface area contributed by atoms with Gasteiger partial charge in [0.1, 0.15) is 5.82 Å². The molecule has 0 radical (unpaired) electrons. The molecule has 1 aromatic carbocycles. The first-order valence-corrected chi connectivity index (χ1v) is 7.21. The third kappa shape index (κ3) is 3.38. The van der Waals surface area contributed by atoms with E-state index >= 15 is 0 Å². The van der Waals surface area contributed by atoms with Crippen molar-refractivity contribution in [2.45, 2.75) is 19.9 Å². The number of aromatic nitrogens is 1. The molecule has 1 heterocycles. The van der Waals surface area contributed by atoms with Gasteiger partial charge in [-0.05, 0) is 47.2 Å². The summed E-state index contributed by atoms with van der Waals surface area (Å²) in [5.41, 5.74) is 0.957. The van der Waals surface area contributed by atoms with E-state index < -0.39 is 0 Å². The van der Waals surface area contributed by atoms with E-state index in [0.717, 1.165) is 27.2 Å². The number of hydrogen-bond donors (Lipinski definition) is 1. The van der Waals surface area contributed by atoms with Gasteiger partial charge in [0.2, 0.25) is 0 Å². The second-order valence-electron chi connectivity index (χ2n) is 3.55. The molecular formula is C12H12FIN2S. The minimum Gasteiger partial charge on any atom is -0.379 e. The van der Waals surface area contributed by atoms with Gasteiger partial charge in [0.25, 0.3) is 0 Å². The van der Waals surface area contributed by atoms with Crippen LogP contribution in [-0.4, -0.2) is 4.98 Å².